The van der Waals surface area contributed by atoms with Gasteiger partial charge >= 0.3 is 6.09 Å². The predicted molar refractivity (Wildman–Crippen MR) is 63.2 cm³/mol. The molecule has 0 aliphatic rings. The summed E-state index contributed by atoms with van der Waals surface area (Å²) in [7, 11) is 0. The Kier molecular flexibility index (Phi) is 8.85. The lowest BCUT2D eigenvalue weighted by atomic mass is 10.4. The van der Waals surface area contributed by atoms with Crippen LogP contribution < -0.4 is 5.73 Å². The van der Waals surface area contributed by atoms with Gasteiger partial charge < -0.3 is 15.7 Å². The molecular formula is C10H21N3O4. The molecule has 0 aromatic carbocycles. The van der Waals surface area contributed by atoms with Gasteiger partial charge in [0.05, 0.1) is 6.61 Å². The smallest absolute Gasteiger partial charge is 0.439 e. The van der Waals surface area contributed by atoms with E-state index < -0.39 is 6.09 Å². The van der Waals surface area contributed by atoms with E-state index in [0.29, 0.717) is 11.7 Å². The van der Waals surface area contributed by atoms with Gasteiger partial charge in [-0.3, -0.25) is 4.84 Å². The molecule has 3 N–H and O–H groups in total. The van der Waals surface area contributed by atoms with Crippen LogP contribution >= 0.6 is 0 Å². The van der Waals surface area contributed by atoms with Crippen LogP contribution in [0.25, 0.3) is 0 Å². The van der Waals surface area contributed by atoms with E-state index in [1.807, 2.05) is 13.8 Å². The molecule has 7 nitrogen and oxygen atoms in total. The number of carboxylic acid groups (broad SMARTS) is 1. The Morgan fingerprint density at radius 2 is 1.88 bits per heavy atom. The zero-order valence-corrected chi connectivity index (χ0v) is 10.4. The van der Waals surface area contributed by atoms with Crippen molar-refractivity contribution in [2.45, 2.75) is 39.5 Å². The van der Waals surface area contributed by atoms with Crippen LogP contribution in [0.2, 0.25) is 0 Å². The summed E-state index contributed by atoms with van der Waals surface area (Å²) in [5.74, 6) is -0.315. The molecule has 0 aliphatic carbocycles. The first-order chi connectivity index (χ1) is 8.13. The standard InChI is InChI=1S/C10H21N3O4/c1-3-5-7-16-12-9(11)13(10(14)15)17-8-6-4-2/h3-8H2,1-2H3,(H2,11,12)(H,14,15). The number of hydrogen-bond donors (Lipinski definition) is 2. The third-order valence-corrected chi connectivity index (χ3v) is 1.85. The lowest BCUT2D eigenvalue weighted by Gasteiger charge is -2.16. The highest BCUT2D eigenvalue weighted by Gasteiger charge is 2.17. The fourth-order valence-corrected chi connectivity index (χ4v) is 0.877. The molecule has 0 heterocycles. The molecule has 0 bridgehead atoms. The number of rotatable bonds is 8. The SMILES string of the molecule is CCCCON=C(N)N(OCCCC)C(=O)O. The van der Waals surface area contributed by atoms with E-state index in [4.69, 9.17) is 20.5 Å². The molecule has 7 heteroatoms. The van der Waals surface area contributed by atoms with Crippen molar-refractivity contribution in [3.8, 4) is 0 Å². The Morgan fingerprint density at radius 3 is 2.41 bits per heavy atom. The normalized spacial score (nSPS) is 11.3. The Morgan fingerprint density at radius 1 is 1.29 bits per heavy atom. The monoisotopic (exact) mass is 247 g/mol. The maximum Gasteiger partial charge on any atom is 0.439 e. The van der Waals surface area contributed by atoms with Crippen molar-refractivity contribution < 1.29 is 19.6 Å². The highest BCUT2D eigenvalue weighted by Crippen LogP contribution is 1.97. The molecule has 17 heavy (non-hydrogen) atoms. The lowest BCUT2D eigenvalue weighted by Crippen LogP contribution is -2.41. The third kappa shape index (κ3) is 7.40. The van der Waals surface area contributed by atoms with E-state index in [1.165, 1.54) is 0 Å². The van der Waals surface area contributed by atoms with Crippen molar-refractivity contribution in [2.75, 3.05) is 13.2 Å². The zero-order chi connectivity index (χ0) is 13.1. The molecule has 0 saturated carbocycles. The second kappa shape index (κ2) is 9.71. The van der Waals surface area contributed by atoms with Gasteiger partial charge in [-0.25, -0.2) is 4.79 Å². The van der Waals surface area contributed by atoms with Crippen LogP contribution in [0.1, 0.15) is 39.5 Å². The molecule has 0 aromatic rings. The Hall–Kier alpha value is -1.50. The molecular weight excluding hydrogens is 226 g/mol. The zero-order valence-electron chi connectivity index (χ0n) is 10.4. The average molecular weight is 247 g/mol. The van der Waals surface area contributed by atoms with Crippen LogP contribution in [0, 0.1) is 0 Å². The van der Waals surface area contributed by atoms with E-state index in [-0.39, 0.29) is 12.6 Å². The summed E-state index contributed by atoms with van der Waals surface area (Å²) in [6, 6.07) is 0. The highest BCUT2D eigenvalue weighted by molar-refractivity contribution is 5.90. The second-order valence-electron chi connectivity index (χ2n) is 3.40. The average Bonchev–Trinajstić information content (AvgIpc) is 2.29. The van der Waals surface area contributed by atoms with Crippen molar-refractivity contribution in [1.29, 1.82) is 0 Å². The predicted octanol–water partition coefficient (Wildman–Crippen LogP) is 1.74. The maximum atomic E-state index is 10.8. The van der Waals surface area contributed by atoms with E-state index in [9.17, 15) is 4.79 Å². The van der Waals surface area contributed by atoms with E-state index in [1.54, 1.807) is 0 Å². The van der Waals surface area contributed by atoms with Crippen molar-refractivity contribution in [3.05, 3.63) is 0 Å². The van der Waals surface area contributed by atoms with Gasteiger partial charge in [0.15, 0.2) is 0 Å². The number of hydrogen-bond acceptors (Lipinski definition) is 4. The van der Waals surface area contributed by atoms with Crippen LogP contribution in [0.3, 0.4) is 0 Å². The Bertz CT molecular complexity index is 246. The number of nitrogens with zero attached hydrogens (tertiary/aromatic N) is 2. The first-order valence-corrected chi connectivity index (χ1v) is 5.74. The number of unbranched alkanes of at least 4 members (excludes halogenated alkanes) is 2. The van der Waals surface area contributed by atoms with E-state index in [2.05, 4.69) is 5.16 Å². The number of hydroxylamine groups is 2. The van der Waals surface area contributed by atoms with Crippen molar-refractivity contribution in [1.82, 2.24) is 5.06 Å². The van der Waals surface area contributed by atoms with E-state index in [0.717, 1.165) is 25.7 Å². The first-order valence-electron chi connectivity index (χ1n) is 5.74. The van der Waals surface area contributed by atoms with Gasteiger partial charge in [-0.15, -0.1) is 5.06 Å². The van der Waals surface area contributed by atoms with Crippen LogP contribution in [-0.2, 0) is 9.68 Å². The van der Waals surface area contributed by atoms with Gasteiger partial charge in [-0.05, 0) is 18.0 Å². The van der Waals surface area contributed by atoms with Crippen LogP contribution in [0.4, 0.5) is 4.79 Å². The molecule has 0 atom stereocenters. The quantitative estimate of drug-likeness (QED) is 0.295. The topological polar surface area (TPSA) is 97.4 Å². The summed E-state index contributed by atoms with van der Waals surface area (Å²) in [5.41, 5.74) is 5.43. The fourth-order valence-electron chi connectivity index (χ4n) is 0.877. The van der Waals surface area contributed by atoms with E-state index >= 15 is 0 Å². The number of nitrogens with two attached hydrogens (primary N) is 1. The van der Waals surface area contributed by atoms with Gasteiger partial charge in [-0.2, -0.15) is 0 Å². The molecule has 0 radical (unpaired) electrons. The number of guanidine groups is 1. The minimum absolute atomic E-state index is 0.272. The summed E-state index contributed by atoms with van der Waals surface area (Å²) in [6.45, 7) is 4.65. The summed E-state index contributed by atoms with van der Waals surface area (Å²) < 4.78 is 0. The minimum atomic E-state index is -1.32. The van der Waals surface area contributed by atoms with Crippen LogP contribution in [-0.4, -0.2) is 35.4 Å². The molecule has 0 unspecified atom stereocenters. The van der Waals surface area contributed by atoms with Crippen molar-refractivity contribution in [2.24, 2.45) is 10.9 Å². The van der Waals surface area contributed by atoms with Gasteiger partial charge in [0, 0.05) is 0 Å². The number of carbonyl (C=O) groups is 1. The van der Waals surface area contributed by atoms with Gasteiger partial charge in [0.2, 0.25) is 0 Å². The fraction of sp³-hybridized carbons (Fsp3) is 0.800. The molecule has 0 rings (SSSR count). The van der Waals surface area contributed by atoms with Crippen molar-refractivity contribution in [3.63, 3.8) is 0 Å². The van der Waals surface area contributed by atoms with Crippen molar-refractivity contribution >= 4 is 12.1 Å². The second-order valence-corrected chi connectivity index (χ2v) is 3.40. The summed E-state index contributed by atoms with van der Waals surface area (Å²) in [6.07, 6.45) is 2.12. The van der Waals surface area contributed by atoms with Gasteiger partial charge in [-0.1, -0.05) is 26.7 Å². The molecule has 1 amide bonds. The van der Waals surface area contributed by atoms with Crippen LogP contribution in [0.5, 0.6) is 0 Å². The van der Waals surface area contributed by atoms with Crippen LogP contribution in [0.15, 0.2) is 5.16 Å². The maximum absolute atomic E-state index is 10.8. The van der Waals surface area contributed by atoms with Gasteiger partial charge in [0.25, 0.3) is 5.96 Å². The highest BCUT2D eigenvalue weighted by atomic mass is 16.7. The summed E-state index contributed by atoms with van der Waals surface area (Å²) >= 11 is 0. The molecule has 100 valence electrons. The lowest BCUT2D eigenvalue weighted by molar-refractivity contribution is -0.0815. The molecule has 0 spiro atoms. The third-order valence-electron chi connectivity index (χ3n) is 1.85. The minimum Gasteiger partial charge on any atom is -0.463 e. The first kappa shape index (κ1) is 15.5. The number of oxime groups is 1. The molecule has 0 aliphatic heterocycles. The largest absolute Gasteiger partial charge is 0.463 e. The number of amides is 1. The molecule has 0 saturated heterocycles. The molecule has 0 fully saturated rings. The summed E-state index contributed by atoms with van der Waals surface area (Å²) in [5, 5.41) is 12.8. The molecule has 0 aromatic heterocycles. The Balaban J connectivity index is 4.13. The Labute approximate surface area is 101 Å². The van der Waals surface area contributed by atoms with Gasteiger partial charge in [0.1, 0.15) is 6.61 Å². The summed E-state index contributed by atoms with van der Waals surface area (Å²) in [4.78, 5) is 20.6.